The highest BCUT2D eigenvalue weighted by Gasteiger charge is 2.25. The number of para-hydroxylation sites is 1. The van der Waals surface area contributed by atoms with Crippen LogP contribution in [0.15, 0.2) is 53.3 Å². The number of aromatic nitrogens is 1. The second-order valence-corrected chi connectivity index (χ2v) is 8.29. The van der Waals surface area contributed by atoms with Crippen molar-refractivity contribution in [2.45, 2.75) is 26.1 Å². The molecule has 0 unspecified atom stereocenters. The maximum Gasteiger partial charge on any atom is 0.257 e. The Hall–Kier alpha value is -3.72. The van der Waals surface area contributed by atoms with Gasteiger partial charge in [-0.1, -0.05) is 24.3 Å². The molecule has 2 heterocycles. The van der Waals surface area contributed by atoms with E-state index in [1.807, 2.05) is 29.2 Å². The fraction of sp³-hybridized carbons (Fsp3) is 0.308. The smallest absolute Gasteiger partial charge is 0.257 e. The number of methoxy groups -OCH3 is 2. The highest BCUT2D eigenvalue weighted by Crippen LogP contribution is 2.24. The lowest BCUT2D eigenvalue weighted by molar-refractivity contribution is 0.0945. The molecule has 0 saturated carbocycles. The zero-order valence-electron chi connectivity index (χ0n) is 19.6. The molecule has 1 aliphatic rings. The predicted molar refractivity (Wildman–Crippen MR) is 127 cm³/mol. The second kappa shape index (κ2) is 10.7. The summed E-state index contributed by atoms with van der Waals surface area (Å²) in [6, 6.07) is 12.5. The summed E-state index contributed by atoms with van der Waals surface area (Å²) >= 11 is 0. The van der Waals surface area contributed by atoms with E-state index in [2.05, 4.69) is 5.32 Å². The van der Waals surface area contributed by atoms with Crippen molar-refractivity contribution >= 4 is 5.91 Å². The lowest BCUT2D eigenvalue weighted by atomic mass is 10.1. The summed E-state index contributed by atoms with van der Waals surface area (Å²) in [5.41, 5.74) is 2.10. The first-order valence-electron chi connectivity index (χ1n) is 11.3. The molecule has 1 aliphatic heterocycles. The lowest BCUT2D eigenvalue weighted by Gasteiger charge is -2.19. The van der Waals surface area contributed by atoms with Gasteiger partial charge in [0.2, 0.25) is 0 Å². The van der Waals surface area contributed by atoms with Crippen LogP contribution in [0.2, 0.25) is 0 Å². The van der Waals surface area contributed by atoms with Crippen molar-refractivity contribution in [3.63, 3.8) is 0 Å². The van der Waals surface area contributed by atoms with Gasteiger partial charge in [0.05, 0.1) is 14.2 Å². The molecule has 0 bridgehead atoms. The molecule has 0 saturated heterocycles. The Kier molecular flexibility index (Phi) is 7.45. The fourth-order valence-corrected chi connectivity index (χ4v) is 4.37. The predicted octanol–water partition coefficient (Wildman–Crippen LogP) is 3.13. The first kappa shape index (κ1) is 24.4. The van der Waals surface area contributed by atoms with Gasteiger partial charge in [0.15, 0.2) is 11.6 Å². The Balaban J connectivity index is 1.57. The van der Waals surface area contributed by atoms with Crippen molar-refractivity contribution in [1.82, 2.24) is 14.8 Å². The molecule has 3 aromatic rings. The molecular weight excluding hydrogens is 456 g/mol. The van der Waals surface area contributed by atoms with E-state index >= 15 is 0 Å². The van der Waals surface area contributed by atoms with Gasteiger partial charge in [-0.3, -0.25) is 14.5 Å². The van der Waals surface area contributed by atoms with Crippen LogP contribution >= 0.6 is 0 Å². The van der Waals surface area contributed by atoms with Crippen molar-refractivity contribution in [3.8, 4) is 11.5 Å². The van der Waals surface area contributed by atoms with Crippen LogP contribution in [0.1, 0.15) is 27.2 Å². The molecule has 1 N–H and O–H groups in total. The van der Waals surface area contributed by atoms with Gasteiger partial charge in [-0.25, -0.2) is 8.78 Å². The Bertz CT molecular complexity index is 1290. The van der Waals surface area contributed by atoms with Gasteiger partial charge in [0.25, 0.3) is 11.5 Å². The maximum absolute atomic E-state index is 13.6. The third-order valence-electron chi connectivity index (χ3n) is 6.16. The number of hydrogen-bond donors (Lipinski definition) is 1. The lowest BCUT2D eigenvalue weighted by Crippen LogP contribution is -2.31. The van der Waals surface area contributed by atoms with Crippen LogP contribution in [-0.4, -0.2) is 42.7 Å². The molecule has 2 aromatic carbocycles. The Labute approximate surface area is 201 Å². The Morgan fingerprint density at radius 1 is 0.971 bits per heavy atom. The van der Waals surface area contributed by atoms with Crippen LogP contribution in [0.25, 0.3) is 0 Å². The van der Waals surface area contributed by atoms with Gasteiger partial charge >= 0.3 is 0 Å². The van der Waals surface area contributed by atoms with E-state index in [4.69, 9.17) is 9.47 Å². The van der Waals surface area contributed by atoms with E-state index in [-0.39, 0.29) is 23.8 Å². The molecule has 35 heavy (non-hydrogen) atoms. The summed E-state index contributed by atoms with van der Waals surface area (Å²) in [6.45, 7) is 2.03. The average molecular weight is 484 g/mol. The summed E-state index contributed by atoms with van der Waals surface area (Å²) in [4.78, 5) is 28.1. The average Bonchev–Trinajstić information content (AvgIpc) is 3.07. The number of nitrogens with one attached hydrogen (secondary N) is 1. The molecule has 1 aromatic heterocycles. The van der Waals surface area contributed by atoms with E-state index in [0.29, 0.717) is 55.2 Å². The molecule has 7 nitrogen and oxygen atoms in total. The van der Waals surface area contributed by atoms with E-state index in [1.165, 1.54) is 19.2 Å². The van der Waals surface area contributed by atoms with Crippen LogP contribution in [-0.2, 0) is 26.1 Å². The number of pyridine rings is 1. The summed E-state index contributed by atoms with van der Waals surface area (Å²) in [6.07, 6.45) is 0.410. The van der Waals surface area contributed by atoms with E-state index < -0.39 is 11.6 Å². The molecule has 0 radical (unpaired) electrons. The minimum atomic E-state index is -0.893. The largest absolute Gasteiger partial charge is 0.496 e. The van der Waals surface area contributed by atoms with Crippen molar-refractivity contribution in [3.05, 3.63) is 92.9 Å². The van der Waals surface area contributed by atoms with Crippen molar-refractivity contribution in [1.29, 1.82) is 0 Å². The Morgan fingerprint density at radius 2 is 1.74 bits per heavy atom. The summed E-state index contributed by atoms with van der Waals surface area (Å²) < 4.78 is 39.3. The number of fused-ring (bicyclic) bond motifs is 1. The van der Waals surface area contributed by atoms with Gasteiger partial charge in [-0.2, -0.15) is 0 Å². The topological polar surface area (TPSA) is 72.8 Å². The molecule has 9 heteroatoms. The van der Waals surface area contributed by atoms with Crippen LogP contribution in [0.3, 0.4) is 0 Å². The second-order valence-electron chi connectivity index (χ2n) is 8.29. The third-order valence-corrected chi connectivity index (χ3v) is 6.16. The molecule has 0 atom stereocenters. The number of ether oxygens (including phenoxy) is 2. The van der Waals surface area contributed by atoms with Crippen LogP contribution in [0, 0.1) is 11.6 Å². The number of rotatable bonds is 7. The highest BCUT2D eigenvalue weighted by molar-refractivity contribution is 5.98. The van der Waals surface area contributed by atoms with Crippen molar-refractivity contribution in [2.75, 3.05) is 27.3 Å². The number of carbonyl (C=O) groups excluding carboxylic acids is 1. The highest BCUT2D eigenvalue weighted by atomic mass is 19.2. The van der Waals surface area contributed by atoms with E-state index in [9.17, 15) is 18.4 Å². The van der Waals surface area contributed by atoms with Crippen molar-refractivity contribution in [2.24, 2.45) is 0 Å². The van der Waals surface area contributed by atoms with Gasteiger partial charge in [-0.05, 0) is 23.8 Å². The molecule has 0 aliphatic carbocycles. The third kappa shape index (κ3) is 5.35. The number of carbonyl (C=O) groups is 1. The SMILES string of the molecule is COc1ccccc1CNC(=O)c1c(OC)cc(=O)n2c1CCN(Cc1ccc(F)c(F)c1)CC2. The summed E-state index contributed by atoms with van der Waals surface area (Å²) in [5, 5.41) is 2.91. The monoisotopic (exact) mass is 483 g/mol. The van der Waals surface area contributed by atoms with Gasteiger partial charge in [0, 0.05) is 56.5 Å². The fourth-order valence-electron chi connectivity index (χ4n) is 4.37. The Morgan fingerprint density at radius 3 is 2.49 bits per heavy atom. The van der Waals surface area contributed by atoms with Crippen molar-refractivity contribution < 1.29 is 23.0 Å². The minimum absolute atomic E-state index is 0.216. The van der Waals surface area contributed by atoms with Gasteiger partial charge < -0.3 is 19.4 Å². The van der Waals surface area contributed by atoms with Crippen LogP contribution < -0.4 is 20.3 Å². The standard InChI is InChI=1S/C26H27F2N3O4/c1-34-22-6-4-3-5-18(22)15-29-26(33)25-21-9-10-30(16-17-7-8-19(27)20(28)13-17)11-12-31(21)24(32)14-23(25)35-2/h3-8,13-14H,9-12,15-16H2,1-2H3,(H,29,33). The first-order valence-corrected chi connectivity index (χ1v) is 11.3. The zero-order chi connectivity index (χ0) is 24.9. The molecule has 0 fully saturated rings. The van der Waals surface area contributed by atoms with Crippen LogP contribution in [0.5, 0.6) is 11.5 Å². The van der Waals surface area contributed by atoms with E-state index in [1.54, 1.807) is 17.7 Å². The number of hydrogen-bond acceptors (Lipinski definition) is 5. The quantitative estimate of drug-likeness (QED) is 0.559. The minimum Gasteiger partial charge on any atom is -0.496 e. The zero-order valence-corrected chi connectivity index (χ0v) is 19.6. The van der Waals surface area contributed by atoms with E-state index in [0.717, 1.165) is 11.6 Å². The van der Waals surface area contributed by atoms with Gasteiger partial charge in [-0.15, -0.1) is 0 Å². The number of nitrogens with zero attached hydrogens (tertiary/aromatic N) is 2. The summed E-state index contributed by atoms with van der Waals surface area (Å²) in [7, 11) is 2.99. The number of amides is 1. The number of halogens is 2. The first-order chi connectivity index (χ1) is 16.9. The molecule has 184 valence electrons. The molecule has 1 amide bonds. The molecular formula is C26H27F2N3O4. The summed E-state index contributed by atoms with van der Waals surface area (Å²) in [5.74, 6) is -1.26. The number of benzene rings is 2. The van der Waals surface area contributed by atoms with Gasteiger partial charge in [0.1, 0.15) is 17.1 Å². The normalized spacial score (nSPS) is 13.6. The van der Waals surface area contributed by atoms with Crippen LogP contribution in [0.4, 0.5) is 8.78 Å². The molecule has 4 rings (SSSR count). The maximum atomic E-state index is 13.6. The molecule has 0 spiro atoms.